The monoisotopic (exact) mass is 223 g/mol. The molecule has 3 rings (SSSR count). The van der Waals surface area contributed by atoms with Crippen LogP contribution < -0.4 is 5.73 Å². The Morgan fingerprint density at radius 3 is 2.88 bits per heavy atom. The van der Waals surface area contributed by atoms with Crippen molar-refractivity contribution in [3.05, 3.63) is 48.3 Å². The molecule has 0 unspecified atom stereocenters. The number of benzene rings is 1. The van der Waals surface area contributed by atoms with E-state index in [1.54, 1.807) is 12.3 Å². The van der Waals surface area contributed by atoms with Crippen LogP contribution in [0.5, 0.6) is 0 Å². The maximum Gasteiger partial charge on any atom is 0.0743 e. The van der Waals surface area contributed by atoms with Crippen LogP contribution in [0.1, 0.15) is 5.56 Å². The summed E-state index contributed by atoms with van der Waals surface area (Å²) < 4.78 is 0. The number of aromatic nitrogens is 2. The van der Waals surface area contributed by atoms with E-state index in [0.29, 0.717) is 0 Å². The molecule has 84 valence electrons. The van der Waals surface area contributed by atoms with Crippen LogP contribution in [0.3, 0.4) is 0 Å². The largest absolute Gasteiger partial charge is 0.399 e. The minimum atomic E-state index is 0.733. The number of hydrogen-bond donors (Lipinski definition) is 2. The number of hydrogen-bond acceptors (Lipinski definition) is 2. The van der Waals surface area contributed by atoms with Gasteiger partial charge >= 0.3 is 0 Å². The van der Waals surface area contributed by atoms with Gasteiger partial charge in [-0.3, -0.25) is 4.98 Å². The van der Waals surface area contributed by atoms with Crippen molar-refractivity contribution in [1.82, 2.24) is 9.97 Å². The normalized spacial score (nSPS) is 10.9. The van der Waals surface area contributed by atoms with Crippen LogP contribution in [0.2, 0.25) is 0 Å². The van der Waals surface area contributed by atoms with Crippen molar-refractivity contribution >= 4 is 16.6 Å². The fourth-order valence-electron chi connectivity index (χ4n) is 2.05. The maximum atomic E-state index is 5.78. The quantitative estimate of drug-likeness (QED) is 0.666. The summed E-state index contributed by atoms with van der Waals surface area (Å²) in [5.41, 5.74) is 10.9. The standard InChI is InChI=1S/C14H13N3/c1-9-2-3-11-12(8-17-13(11)6-9)14-7-10(15)4-5-16-14/h2-8,17H,1H3,(H2,15,16). The zero-order valence-corrected chi connectivity index (χ0v) is 9.57. The molecule has 0 bridgehead atoms. The van der Waals surface area contributed by atoms with Crippen LogP contribution in [0.4, 0.5) is 5.69 Å². The highest BCUT2D eigenvalue weighted by Gasteiger charge is 2.07. The number of rotatable bonds is 1. The number of aryl methyl sites for hydroxylation is 1. The third-order valence-electron chi connectivity index (χ3n) is 2.90. The zero-order chi connectivity index (χ0) is 11.8. The van der Waals surface area contributed by atoms with E-state index in [1.165, 1.54) is 10.9 Å². The highest BCUT2D eigenvalue weighted by molar-refractivity contribution is 5.95. The predicted octanol–water partition coefficient (Wildman–Crippen LogP) is 3.12. The first-order valence-electron chi connectivity index (χ1n) is 5.54. The third-order valence-corrected chi connectivity index (χ3v) is 2.90. The van der Waals surface area contributed by atoms with E-state index in [0.717, 1.165) is 22.5 Å². The molecule has 2 heterocycles. The molecule has 0 aliphatic rings. The Kier molecular flexibility index (Phi) is 2.11. The molecule has 0 fully saturated rings. The number of nitrogens with zero attached hydrogens (tertiary/aromatic N) is 1. The number of pyridine rings is 1. The average molecular weight is 223 g/mol. The average Bonchev–Trinajstić information content (AvgIpc) is 2.71. The van der Waals surface area contributed by atoms with Crippen LogP contribution in [0.25, 0.3) is 22.2 Å². The molecule has 0 spiro atoms. The van der Waals surface area contributed by atoms with E-state index in [4.69, 9.17) is 5.73 Å². The summed E-state index contributed by atoms with van der Waals surface area (Å²) in [7, 11) is 0. The van der Waals surface area contributed by atoms with Gasteiger partial charge in [0.15, 0.2) is 0 Å². The first-order chi connectivity index (χ1) is 8.24. The van der Waals surface area contributed by atoms with Gasteiger partial charge in [0, 0.05) is 34.5 Å². The van der Waals surface area contributed by atoms with E-state index >= 15 is 0 Å². The molecular weight excluding hydrogens is 210 g/mol. The number of nitrogens with two attached hydrogens (primary N) is 1. The second-order valence-corrected chi connectivity index (χ2v) is 4.23. The summed E-state index contributed by atoms with van der Waals surface area (Å²) in [6.07, 6.45) is 3.71. The second kappa shape index (κ2) is 3.63. The highest BCUT2D eigenvalue weighted by Crippen LogP contribution is 2.28. The van der Waals surface area contributed by atoms with Gasteiger partial charge in [-0.25, -0.2) is 0 Å². The summed E-state index contributed by atoms with van der Waals surface area (Å²) in [6, 6.07) is 10.0. The molecule has 1 aromatic carbocycles. The Hall–Kier alpha value is -2.29. The lowest BCUT2D eigenvalue weighted by Gasteiger charge is -2.00. The van der Waals surface area contributed by atoms with Crippen LogP contribution in [0.15, 0.2) is 42.7 Å². The van der Waals surface area contributed by atoms with E-state index in [2.05, 4.69) is 35.1 Å². The van der Waals surface area contributed by atoms with Gasteiger partial charge in [-0.15, -0.1) is 0 Å². The number of anilines is 1. The Bertz CT molecular complexity index is 683. The summed E-state index contributed by atoms with van der Waals surface area (Å²) in [5.74, 6) is 0. The minimum absolute atomic E-state index is 0.733. The van der Waals surface area contributed by atoms with Crippen LogP contribution >= 0.6 is 0 Å². The van der Waals surface area contributed by atoms with Gasteiger partial charge in [0.1, 0.15) is 0 Å². The molecule has 0 atom stereocenters. The maximum absolute atomic E-state index is 5.78. The molecule has 3 aromatic rings. The van der Waals surface area contributed by atoms with E-state index in [-0.39, 0.29) is 0 Å². The Labute approximate surface area is 99.3 Å². The molecule has 0 amide bonds. The number of nitrogen functional groups attached to an aromatic ring is 1. The van der Waals surface area contributed by atoms with Gasteiger partial charge in [-0.1, -0.05) is 12.1 Å². The topological polar surface area (TPSA) is 54.7 Å². The fraction of sp³-hybridized carbons (Fsp3) is 0.0714. The lowest BCUT2D eigenvalue weighted by atomic mass is 10.1. The second-order valence-electron chi connectivity index (χ2n) is 4.23. The van der Waals surface area contributed by atoms with Gasteiger partial charge in [0.2, 0.25) is 0 Å². The van der Waals surface area contributed by atoms with Crippen molar-refractivity contribution in [2.75, 3.05) is 5.73 Å². The Morgan fingerprint density at radius 1 is 1.18 bits per heavy atom. The fourth-order valence-corrected chi connectivity index (χ4v) is 2.05. The number of nitrogens with one attached hydrogen (secondary N) is 1. The summed E-state index contributed by atoms with van der Waals surface area (Å²) in [6.45, 7) is 2.08. The van der Waals surface area contributed by atoms with Crippen molar-refractivity contribution in [2.45, 2.75) is 6.92 Å². The lowest BCUT2D eigenvalue weighted by Crippen LogP contribution is -1.87. The summed E-state index contributed by atoms with van der Waals surface area (Å²) >= 11 is 0. The number of aromatic amines is 1. The smallest absolute Gasteiger partial charge is 0.0743 e. The Balaban J connectivity index is 2.24. The number of H-pyrrole nitrogens is 1. The number of fused-ring (bicyclic) bond motifs is 1. The molecular formula is C14H13N3. The van der Waals surface area contributed by atoms with E-state index in [1.807, 2.05) is 12.3 Å². The van der Waals surface area contributed by atoms with Gasteiger partial charge in [-0.2, -0.15) is 0 Å². The van der Waals surface area contributed by atoms with Gasteiger partial charge in [-0.05, 0) is 30.7 Å². The molecule has 0 aliphatic carbocycles. The first-order valence-corrected chi connectivity index (χ1v) is 5.54. The molecule has 17 heavy (non-hydrogen) atoms. The third kappa shape index (κ3) is 1.65. The first kappa shape index (κ1) is 9.90. The van der Waals surface area contributed by atoms with Gasteiger partial charge in [0.05, 0.1) is 5.69 Å². The van der Waals surface area contributed by atoms with Crippen LogP contribution in [-0.2, 0) is 0 Å². The van der Waals surface area contributed by atoms with Crippen molar-refractivity contribution < 1.29 is 0 Å². The predicted molar refractivity (Wildman–Crippen MR) is 70.7 cm³/mol. The van der Waals surface area contributed by atoms with Crippen molar-refractivity contribution in [3.63, 3.8) is 0 Å². The molecule has 3 nitrogen and oxygen atoms in total. The molecule has 0 saturated carbocycles. The molecule has 3 N–H and O–H groups in total. The van der Waals surface area contributed by atoms with Crippen molar-refractivity contribution in [1.29, 1.82) is 0 Å². The van der Waals surface area contributed by atoms with Crippen molar-refractivity contribution in [2.24, 2.45) is 0 Å². The van der Waals surface area contributed by atoms with Crippen LogP contribution in [0, 0.1) is 6.92 Å². The summed E-state index contributed by atoms with van der Waals surface area (Å²) in [5, 5.41) is 1.17. The Morgan fingerprint density at radius 2 is 2.06 bits per heavy atom. The van der Waals surface area contributed by atoms with Crippen molar-refractivity contribution in [3.8, 4) is 11.3 Å². The van der Waals surface area contributed by atoms with E-state index < -0.39 is 0 Å². The lowest BCUT2D eigenvalue weighted by molar-refractivity contribution is 1.33. The van der Waals surface area contributed by atoms with Crippen LogP contribution in [-0.4, -0.2) is 9.97 Å². The summed E-state index contributed by atoms with van der Waals surface area (Å²) in [4.78, 5) is 7.62. The highest BCUT2D eigenvalue weighted by atomic mass is 14.7. The SMILES string of the molecule is Cc1ccc2c(-c3cc(N)ccn3)c[nH]c2c1. The van der Waals surface area contributed by atoms with Gasteiger partial charge < -0.3 is 10.7 Å². The molecule has 0 radical (unpaired) electrons. The van der Waals surface area contributed by atoms with Gasteiger partial charge in [0.25, 0.3) is 0 Å². The minimum Gasteiger partial charge on any atom is -0.399 e. The molecule has 2 aromatic heterocycles. The zero-order valence-electron chi connectivity index (χ0n) is 9.57. The molecule has 0 saturated heterocycles. The molecule has 3 heteroatoms. The van der Waals surface area contributed by atoms with E-state index in [9.17, 15) is 0 Å². The molecule has 0 aliphatic heterocycles.